The van der Waals surface area contributed by atoms with Crippen LogP contribution in [0, 0.1) is 12.8 Å². The first-order chi connectivity index (χ1) is 12.1. The van der Waals surface area contributed by atoms with Crippen LogP contribution in [0.1, 0.15) is 28.9 Å². The van der Waals surface area contributed by atoms with E-state index in [-0.39, 0.29) is 5.56 Å². The number of carboxylic acid groups (broad SMARTS) is 1. The van der Waals surface area contributed by atoms with E-state index in [1.807, 2.05) is 29.6 Å². The Kier molecular flexibility index (Phi) is 4.01. The third kappa shape index (κ3) is 3.28. The Morgan fingerprint density at radius 2 is 2.28 bits per heavy atom. The second-order valence-corrected chi connectivity index (χ2v) is 6.99. The van der Waals surface area contributed by atoms with E-state index in [4.69, 9.17) is 9.84 Å². The highest BCUT2D eigenvalue weighted by molar-refractivity contribution is 7.12. The molecule has 0 atom stereocenters. The Hall–Kier alpha value is -2.67. The van der Waals surface area contributed by atoms with E-state index in [0.29, 0.717) is 16.7 Å². The molecule has 2 aromatic heterocycles. The molecule has 0 spiro atoms. The van der Waals surface area contributed by atoms with Crippen LogP contribution < -0.4 is 4.74 Å². The van der Waals surface area contributed by atoms with Crippen molar-refractivity contribution in [2.45, 2.75) is 19.8 Å². The van der Waals surface area contributed by atoms with Crippen molar-refractivity contribution in [2.24, 2.45) is 5.92 Å². The van der Waals surface area contributed by atoms with Crippen molar-refractivity contribution >= 4 is 17.3 Å². The second-order valence-electron chi connectivity index (χ2n) is 6.16. The second kappa shape index (κ2) is 6.33. The highest BCUT2D eigenvalue weighted by Gasteiger charge is 2.22. The summed E-state index contributed by atoms with van der Waals surface area (Å²) < 4.78 is 7.39. The molecule has 1 fully saturated rings. The van der Waals surface area contributed by atoms with Gasteiger partial charge in [0.2, 0.25) is 5.13 Å². The third-order valence-electron chi connectivity index (χ3n) is 4.23. The van der Waals surface area contributed by atoms with Crippen molar-refractivity contribution in [3.8, 4) is 22.1 Å². The SMILES string of the molecule is Cc1c(C(=O)O)cnn1-c1nc(-c2cccc(OCC3CC3)c2)cs1. The Morgan fingerprint density at radius 1 is 1.44 bits per heavy atom. The number of nitrogens with zero attached hydrogens (tertiary/aromatic N) is 3. The molecule has 3 aromatic rings. The van der Waals surface area contributed by atoms with Crippen LogP contribution in [0.2, 0.25) is 0 Å². The molecule has 0 radical (unpaired) electrons. The van der Waals surface area contributed by atoms with Gasteiger partial charge in [-0.05, 0) is 37.8 Å². The van der Waals surface area contributed by atoms with Crippen LogP contribution in [-0.4, -0.2) is 32.4 Å². The van der Waals surface area contributed by atoms with Crippen LogP contribution in [0.3, 0.4) is 0 Å². The first-order valence-corrected chi connectivity index (χ1v) is 8.97. The van der Waals surface area contributed by atoms with Gasteiger partial charge in [-0.1, -0.05) is 12.1 Å². The fourth-order valence-electron chi connectivity index (χ4n) is 2.55. The van der Waals surface area contributed by atoms with E-state index in [1.165, 1.54) is 30.4 Å². The smallest absolute Gasteiger partial charge is 0.339 e. The highest BCUT2D eigenvalue weighted by Crippen LogP contribution is 2.31. The van der Waals surface area contributed by atoms with Gasteiger partial charge in [-0.25, -0.2) is 14.5 Å². The number of carboxylic acids is 1. The third-order valence-corrected chi connectivity index (χ3v) is 5.04. The molecule has 0 aliphatic heterocycles. The molecule has 1 saturated carbocycles. The number of aromatic nitrogens is 3. The maximum atomic E-state index is 11.2. The molecule has 1 aliphatic carbocycles. The monoisotopic (exact) mass is 355 g/mol. The molecule has 0 amide bonds. The van der Waals surface area contributed by atoms with E-state index in [1.54, 1.807) is 11.6 Å². The summed E-state index contributed by atoms with van der Waals surface area (Å²) in [5, 5.41) is 15.9. The number of aromatic carboxylic acids is 1. The minimum absolute atomic E-state index is 0.187. The van der Waals surface area contributed by atoms with Crippen molar-refractivity contribution in [3.63, 3.8) is 0 Å². The standard InChI is InChI=1S/C18H17N3O3S/c1-11-15(17(22)23)8-19-21(11)18-20-16(10-25-18)13-3-2-4-14(7-13)24-9-12-5-6-12/h2-4,7-8,10,12H,5-6,9H2,1H3,(H,22,23). The van der Waals surface area contributed by atoms with Crippen molar-refractivity contribution in [2.75, 3.05) is 6.61 Å². The molecule has 128 valence electrons. The number of carbonyl (C=O) groups is 1. The lowest BCUT2D eigenvalue weighted by molar-refractivity contribution is 0.0696. The van der Waals surface area contributed by atoms with Crippen molar-refractivity contribution in [1.29, 1.82) is 0 Å². The Balaban J connectivity index is 1.58. The van der Waals surface area contributed by atoms with Crippen LogP contribution in [0.25, 0.3) is 16.4 Å². The van der Waals surface area contributed by atoms with Crippen LogP contribution in [0.15, 0.2) is 35.8 Å². The molecule has 4 rings (SSSR count). The van der Waals surface area contributed by atoms with Gasteiger partial charge in [0.15, 0.2) is 0 Å². The molecule has 1 N–H and O–H groups in total. The largest absolute Gasteiger partial charge is 0.493 e. The molecule has 1 aliphatic rings. The first kappa shape index (κ1) is 15.8. The van der Waals surface area contributed by atoms with E-state index >= 15 is 0 Å². The molecule has 6 nitrogen and oxygen atoms in total. The predicted octanol–water partition coefficient (Wildman–Crippen LogP) is 3.79. The summed E-state index contributed by atoms with van der Waals surface area (Å²) in [6.07, 6.45) is 3.87. The molecule has 0 unspecified atom stereocenters. The number of rotatable bonds is 6. The zero-order chi connectivity index (χ0) is 17.4. The molecular weight excluding hydrogens is 338 g/mol. The molecule has 0 bridgehead atoms. The molecule has 0 saturated heterocycles. The number of thiazole rings is 1. The van der Waals surface area contributed by atoms with Gasteiger partial charge < -0.3 is 9.84 Å². The Bertz CT molecular complexity index is 927. The average molecular weight is 355 g/mol. The minimum Gasteiger partial charge on any atom is -0.493 e. The van der Waals surface area contributed by atoms with Crippen LogP contribution in [0.5, 0.6) is 5.75 Å². The fraction of sp³-hybridized carbons (Fsp3) is 0.278. The molecule has 2 heterocycles. The van der Waals surface area contributed by atoms with Gasteiger partial charge >= 0.3 is 5.97 Å². The summed E-state index contributed by atoms with van der Waals surface area (Å²) in [6, 6.07) is 7.88. The number of hydrogen-bond donors (Lipinski definition) is 1. The molecule has 1 aromatic carbocycles. The van der Waals surface area contributed by atoms with Crippen molar-refractivity contribution in [1.82, 2.24) is 14.8 Å². The maximum Gasteiger partial charge on any atom is 0.339 e. The number of hydrogen-bond acceptors (Lipinski definition) is 5. The maximum absolute atomic E-state index is 11.2. The van der Waals surface area contributed by atoms with E-state index in [2.05, 4.69) is 10.1 Å². The summed E-state index contributed by atoms with van der Waals surface area (Å²) >= 11 is 1.43. The van der Waals surface area contributed by atoms with E-state index < -0.39 is 5.97 Å². The molecular formula is C18H17N3O3S. The minimum atomic E-state index is -0.985. The van der Waals surface area contributed by atoms with Gasteiger partial charge in [-0.3, -0.25) is 0 Å². The highest BCUT2D eigenvalue weighted by atomic mass is 32.1. The summed E-state index contributed by atoms with van der Waals surface area (Å²) in [7, 11) is 0. The lowest BCUT2D eigenvalue weighted by Gasteiger charge is -2.06. The summed E-state index contributed by atoms with van der Waals surface area (Å²) in [4.78, 5) is 15.8. The van der Waals surface area contributed by atoms with Crippen LogP contribution in [0.4, 0.5) is 0 Å². The van der Waals surface area contributed by atoms with Gasteiger partial charge in [0.1, 0.15) is 11.3 Å². The number of ether oxygens (including phenoxy) is 1. The first-order valence-electron chi connectivity index (χ1n) is 8.09. The zero-order valence-electron chi connectivity index (χ0n) is 13.7. The quantitative estimate of drug-likeness (QED) is 0.728. The van der Waals surface area contributed by atoms with Gasteiger partial charge in [-0.2, -0.15) is 5.10 Å². The summed E-state index contributed by atoms with van der Waals surface area (Å²) in [5.41, 5.74) is 2.55. The molecule has 25 heavy (non-hydrogen) atoms. The Labute approximate surface area is 148 Å². The van der Waals surface area contributed by atoms with E-state index in [9.17, 15) is 4.79 Å². The van der Waals surface area contributed by atoms with Crippen LogP contribution in [-0.2, 0) is 0 Å². The predicted molar refractivity (Wildman–Crippen MR) is 94.6 cm³/mol. The van der Waals surface area contributed by atoms with Crippen molar-refractivity contribution < 1.29 is 14.6 Å². The molecule has 7 heteroatoms. The fourth-order valence-corrected chi connectivity index (χ4v) is 3.39. The zero-order valence-corrected chi connectivity index (χ0v) is 14.5. The van der Waals surface area contributed by atoms with Gasteiger partial charge in [-0.15, -0.1) is 11.3 Å². The summed E-state index contributed by atoms with van der Waals surface area (Å²) in [6.45, 7) is 2.50. The van der Waals surface area contributed by atoms with Gasteiger partial charge in [0.05, 0.1) is 24.2 Å². The average Bonchev–Trinajstić information content (AvgIpc) is 3.16. The van der Waals surface area contributed by atoms with Gasteiger partial charge in [0, 0.05) is 10.9 Å². The van der Waals surface area contributed by atoms with Gasteiger partial charge in [0.25, 0.3) is 0 Å². The lowest BCUT2D eigenvalue weighted by atomic mass is 10.2. The number of benzene rings is 1. The van der Waals surface area contributed by atoms with E-state index in [0.717, 1.165) is 23.6 Å². The van der Waals surface area contributed by atoms with Crippen LogP contribution >= 0.6 is 11.3 Å². The normalized spacial score (nSPS) is 13.8. The summed E-state index contributed by atoms with van der Waals surface area (Å²) in [5.74, 6) is 0.573. The van der Waals surface area contributed by atoms with Crippen molar-refractivity contribution in [3.05, 3.63) is 47.1 Å². The topological polar surface area (TPSA) is 77.2 Å². The lowest BCUT2D eigenvalue weighted by Crippen LogP contribution is -2.02. The Morgan fingerprint density at radius 3 is 3.00 bits per heavy atom.